The third-order valence-electron chi connectivity index (χ3n) is 10.6. The first-order chi connectivity index (χ1) is 27.7. The van der Waals surface area contributed by atoms with Crippen molar-refractivity contribution in [3.8, 4) is 56.4 Å². The van der Waals surface area contributed by atoms with Gasteiger partial charge in [-0.2, -0.15) is 0 Å². The molecule has 6 nitrogen and oxygen atoms in total. The summed E-state index contributed by atoms with van der Waals surface area (Å²) in [6.45, 7) is 0. The fraction of sp³-hybridized carbons (Fsp3) is 0. The third-order valence-corrected chi connectivity index (χ3v) is 10.6. The van der Waals surface area contributed by atoms with E-state index < -0.39 is 0 Å². The van der Waals surface area contributed by atoms with Crippen molar-refractivity contribution < 1.29 is 0 Å². The van der Waals surface area contributed by atoms with Crippen LogP contribution in [0.3, 0.4) is 0 Å². The average Bonchev–Trinajstić information content (AvgIpc) is 3.29. The molecule has 0 amide bonds. The number of aromatic nitrogens is 6. The fourth-order valence-corrected chi connectivity index (χ4v) is 8.00. The van der Waals surface area contributed by atoms with E-state index in [0.29, 0.717) is 17.5 Å². The molecule has 0 N–H and O–H groups in total. The van der Waals surface area contributed by atoms with E-state index in [2.05, 4.69) is 97.1 Å². The molecular formula is C50H30N6. The molecule has 0 unspecified atom stereocenters. The lowest BCUT2D eigenvalue weighted by Gasteiger charge is -2.15. The Kier molecular flexibility index (Phi) is 7.38. The van der Waals surface area contributed by atoms with Crippen LogP contribution in [0.15, 0.2) is 182 Å². The summed E-state index contributed by atoms with van der Waals surface area (Å²) in [6, 6.07) is 57.1. The standard InChI is InChI=1S/C50H30N6/c1-3-12-31(13-4-1)48-54-49(32-14-5-2-6-15-32)56-50(55-48)36-27-34(26-35(28-36)43-30-45-47(53-25-24-51-45)42-20-11-23-52-46(42)43)33-21-22-41-39-18-8-7-16-37(39)38-17-9-10-19-40(38)44(41)29-33/h1-30H. The summed E-state index contributed by atoms with van der Waals surface area (Å²) in [5, 5.41) is 8.33. The largest absolute Gasteiger partial charge is 0.256 e. The summed E-state index contributed by atoms with van der Waals surface area (Å²) in [5.74, 6) is 1.80. The third kappa shape index (κ3) is 5.35. The molecule has 8 aromatic carbocycles. The van der Waals surface area contributed by atoms with E-state index in [1.807, 2.05) is 72.9 Å². The van der Waals surface area contributed by atoms with Gasteiger partial charge in [0.2, 0.25) is 0 Å². The highest BCUT2D eigenvalue weighted by molar-refractivity contribution is 6.25. The zero-order valence-electron chi connectivity index (χ0n) is 30.0. The number of fused-ring (bicyclic) bond motifs is 9. The second-order valence-corrected chi connectivity index (χ2v) is 13.9. The monoisotopic (exact) mass is 714 g/mol. The van der Waals surface area contributed by atoms with Crippen LogP contribution in [0.5, 0.6) is 0 Å². The molecule has 0 radical (unpaired) electrons. The van der Waals surface area contributed by atoms with Gasteiger partial charge in [0.1, 0.15) is 0 Å². The summed E-state index contributed by atoms with van der Waals surface area (Å²) in [6.07, 6.45) is 5.30. The van der Waals surface area contributed by atoms with Crippen LogP contribution in [0.1, 0.15) is 0 Å². The molecule has 11 rings (SSSR count). The van der Waals surface area contributed by atoms with Crippen molar-refractivity contribution >= 4 is 54.3 Å². The van der Waals surface area contributed by atoms with Crippen molar-refractivity contribution in [2.45, 2.75) is 0 Å². The van der Waals surface area contributed by atoms with Crippen molar-refractivity contribution in [1.29, 1.82) is 0 Å². The number of benzene rings is 8. The van der Waals surface area contributed by atoms with Gasteiger partial charge in [0.05, 0.1) is 16.6 Å². The predicted octanol–water partition coefficient (Wildman–Crippen LogP) is 12.2. The molecule has 3 heterocycles. The molecule has 0 atom stereocenters. The molecular weight excluding hydrogens is 685 g/mol. The van der Waals surface area contributed by atoms with Crippen LogP contribution in [-0.4, -0.2) is 29.9 Å². The quantitative estimate of drug-likeness (QED) is 0.165. The van der Waals surface area contributed by atoms with E-state index in [1.54, 1.807) is 12.4 Å². The summed E-state index contributed by atoms with van der Waals surface area (Å²) < 4.78 is 0. The van der Waals surface area contributed by atoms with Gasteiger partial charge in [-0.1, -0.05) is 121 Å². The summed E-state index contributed by atoms with van der Waals surface area (Å²) in [4.78, 5) is 29.6. The lowest BCUT2D eigenvalue weighted by atomic mass is 9.90. The minimum atomic E-state index is 0.580. The molecule has 0 aliphatic rings. The van der Waals surface area contributed by atoms with Gasteiger partial charge in [-0.05, 0) is 91.5 Å². The summed E-state index contributed by atoms with van der Waals surface area (Å²) in [7, 11) is 0. The fourth-order valence-electron chi connectivity index (χ4n) is 8.00. The first-order valence-electron chi connectivity index (χ1n) is 18.6. The summed E-state index contributed by atoms with van der Waals surface area (Å²) in [5.41, 5.74) is 9.21. The Labute approximate surface area is 321 Å². The molecule has 0 spiro atoms. The highest BCUT2D eigenvalue weighted by Crippen LogP contribution is 2.40. The highest BCUT2D eigenvalue weighted by Gasteiger charge is 2.18. The minimum absolute atomic E-state index is 0.580. The topological polar surface area (TPSA) is 77.3 Å². The maximum absolute atomic E-state index is 5.15. The molecule has 260 valence electrons. The molecule has 11 aromatic rings. The van der Waals surface area contributed by atoms with E-state index >= 15 is 0 Å². The van der Waals surface area contributed by atoms with Crippen LogP contribution in [0, 0.1) is 0 Å². The molecule has 0 aliphatic carbocycles. The minimum Gasteiger partial charge on any atom is -0.256 e. The SMILES string of the molecule is c1ccc(-c2nc(-c3ccccc3)nc(-c3cc(-c4ccc5c6ccccc6c6ccccc6c5c4)cc(-c4cc5nccnc5c5cccnc45)c3)n2)cc1. The molecule has 6 heteroatoms. The zero-order valence-corrected chi connectivity index (χ0v) is 30.0. The average molecular weight is 715 g/mol. The van der Waals surface area contributed by atoms with Gasteiger partial charge in [-0.25, -0.2) is 15.0 Å². The van der Waals surface area contributed by atoms with Crippen LogP contribution in [0.4, 0.5) is 0 Å². The molecule has 3 aromatic heterocycles. The molecule has 0 aliphatic heterocycles. The Bertz CT molecular complexity index is 3220. The molecule has 0 bridgehead atoms. The Morgan fingerprint density at radius 1 is 0.268 bits per heavy atom. The Morgan fingerprint density at radius 2 is 0.768 bits per heavy atom. The van der Waals surface area contributed by atoms with Gasteiger partial charge in [0.25, 0.3) is 0 Å². The molecule has 0 saturated carbocycles. The van der Waals surface area contributed by atoms with Crippen molar-refractivity contribution in [3.63, 3.8) is 0 Å². The van der Waals surface area contributed by atoms with E-state index in [1.165, 1.54) is 32.3 Å². The van der Waals surface area contributed by atoms with Gasteiger partial charge >= 0.3 is 0 Å². The highest BCUT2D eigenvalue weighted by atomic mass is 15.0. The smallest absolute Gasteiger partial charge is 0.164 e. The van der Waals surface area contributed by atoms with Gasteiger partial charge < -0.3 is 0 Å². The van der Waals surface area contributed by atoms with Gasteiger partial charge in [0.15, 0.2) is 17.5 Å². The molecule has 56 heavy (non-hydrogen) atoms. The van der Waals surface area contributed by atoms with Crippen molar-refractivity contribution in [2.75, 3.05) is 0 Å². The molecule has 0 saturated heterocycles. The first kappa shape index (κ1) is 31.8. The number of pyridine rings is 1. The van der Waals surface area contributed by atoms with Crippen LogP contribution in [0.25, 0.3) is 111 Å². The van der Waals surface area contributed by atoms with E-state index in [4.69, 9.17) is 29.9 Å². The number of rotatable bonds is 5. The van der Waals surface area contributed by atoms with Gasteiger partial charge in [-0.15, -0.1) is 0 Å². The first-order valence-corrected chi connectivity index (χ1v) is 18.6. The van der Waals surface area contributed by atoms with E-state index in [9.17, 15) is 0 Å². The van der Waals surface area contributed by atoms with Gasteiger partial charge in [0, 0.05) is 46.2 Å². The van der Waals surface area contributed by atoms with Crippen LogP contribution < -0.4 is 0 Å². The normalized spacial score (nSPS) is 11.6. The van der Waals surface area contributed by atoms with Crippen molar-refractivity contribution in [1.82, 2.24) is 29.9 Å². The Balaban J connectivity index is 1.20. The second-order valence-electron chi connectivity index (χ2n) is 13.9. The lowest BCUT2D eigenvalue weighted by molar-refractivity contribution is 1.07. The maximum atomic E-state index is 5.15. The second kappa shape index (κ2) is 13.0. The maximum Gasteiger partial charge on any atom is 0.164 e. The Morgan fingerprint density at radius 3 is 1.43 bits per heavy atom. The lowest BCUT2D eigenvalue weighted by Crippen LogP contribution is -2.00. The van der Waals surface area contributed by atoms with E-state index in [0.717, 1.165) is 60.9 Å². The van der Waals surface area contributed by atoms with Crippen LogP contribution in [0.2, 0.25) is 0 Å². The van der Waals surface area contributed by atoms with E-state index in [-0.39, 0.29) is 0 Å². The number of nitrogens with zero attached hydrogens (tertiary/aromatic N) is 6. The van der Waals surface area contributed by atoms with Gasteiger partial charge in [-0.3, -0.25) is 15.0 Å². The molecule has 0 fully saturated rings. The van der Waals surface area contributed by atoms with Crippen molar-refractivity contribution in [2.24, 2.45) is 0 Å². The summed E-state index contributed by atoms with van der Waals surface area (Å²) >= 11 is 0. The van der Waals surface area contributed by atoms with Crippen LogP contribution in [-0.2, 0) is 0 Å². The van der Waals surface area contributed by atoms with Crippen LogP contribution >= 0.6 is 0 Å². The number of hydrogen-bond donors (Lipinski definition) is 0. The Hall–Kier alpha value is -7.70. The predicted molar refractivity (Wildman–Crippen MR) is 228 cm³/mol. The van der Waals surface area contributed by atoms with Crippen molar-refractivity contribution in [3.05, 3.63) is 182 Å². The number of hydrogen-bond acceptors (Lipinski definition) is 6. The zero-order chi connectivity index (χ0) is 37.0.